The van der Waals surface area contributed by atoms with Gasteiger partial charge < -0.3 is 4.90 Å². The summed E-state index contributed by atoms with van der Waals surface area (Å²) < 4.78 is 0. The Hall–Kier alpha value is -0.570. The highest BCUT2D eigenvalue weighted by Gasteiger charge is 2.41. The van der Waals surface area contributed by atoms with Crippen molar-refractivity contribution in [3.05, 3.63) is 0 Å². The Morgan fingerprint density at radius 2 is 1.67 bits per heavy atom. The largest absolute Gasteiger partial charge is 0.325 e. The average molecular weight is 296 g/mol. The molecular weight excluding hydrogens is 260 g/mol. The Morgan fingerprint density at radius 3 is 2.10 bits per heavy atom. The van der Waals surface area contributed by atoms with E-state index in [1.807, 2.05) is 0 Å². The van der Waals surface area contributed by atoms with Crippen molar-refractivity contribution in [3.8, 4) is 0 Å². The monoisotopic (exact) mass is 296 g/mol. The third-order valence-corrected chi connectivity index (χ3v) is 4.89. The molecule has 1 aliphatic heterocycles. The molecule has 21 heavy (non-hydrogen) atoms. The van der Waals surface area contributed by atoms with Gasteiger partial charge in [0.1, 0.15) is 0 Å². The van der Waals surface area contributed by atoms with E-state index in [-0.39, 0.29) is 12.2 Å². The second kappa shape index (κ2) is 8.17. The molecule has 0 aliphatic carbocycles. The number of hydrogen-bond acceptors (Lipinski definition) is 2. The van der Waals surface area contributed by atoms with Crippen molar-refractivity contribution < 1.29 is 4.79 Å². The molecule has 0 bridgehead atoms. The molecule has 1 aliphatic rings. The van der Waals surface area contributed by atoms with Crippen LogP contribution >= 0.6 is 0 Å². The minimum atomic E-state index is 0.0392. The van der Waals surface area contributed by atoms with Crippen LogP contribution in [0.1, 0.15) is 67.7 Å². The zero-order chi connectivity index (χ0) is 16.2. The normalized spacial score (nSPS) is 23.4. The first-order valence-electron chi connectivity index (χ1n) is 8.86. The number of amides is 1. The van der Waals surface area contributed by atoms with Crippen molar-refractivity contribution in [1.82, 2.24) is 10.2 Å². The number of nitrogens with one attached hydrogen (secondary N) is 1. The van der Waals surface area contributed by atoms with E-state index < -0.39 is 0 Å². The molecule has 3 heteroatoms. The molecule has 2 unspecified atom stereocenters. The Balaban J connectivity index is 2.82. The SMILES string of the molecule is CCCCC1NC(C(C)C)N(CC(C(C)C)C(C)C)C1=O. The van der Waals surface area contributed by atoms with Gasteiger partial charge in [-0.1, -0.05) is 61.3 Å². The van der Waals surface area contributed by atoms with Crippen molar-refractivity contribution in [1.29, 1.82) is 0 Å². The van der Waals surface area contributed by atoms with Gasteiger partial charge in [0.05, 0.1) is 12.2 Å². The number of rotatable bonds is 8. The van der Waals surface area contributed by atoms with E-state index in [1.165, 1.54) is 0 Å². The van der Waals surface area contributed by atoms with Crippen molar-refractivity contribution >= 4 is 5.91 Å². The van der Waals surface area contributed by atoms with Gasteiger partial charge in [0.15, 0.2) is 0 Å². The maximum absolute atomic E-state index is 12.8. The number of carbonyl (C=O) groups is 1. The molecular formula is C18H36N2O. The van der Waals surface area contributed by atoms with E-state index in [2.05, 4.69) is 58.7 Å². The fourth-order valence-corrected chi connectivity index (χ4v) is 3.49. The molecule has 1 heterocycles. The van der Waals surface area contributed by atoms with E-state index in [1.54, 1.807) is 0 Å². The van der Waals surface area contributed by atoms with E-state index in [9.17, 15) is 4.79 Å². The number of nitrogens with zero attached hydrogens (tertiary/aromatic N) is 1. The molecule has 0 aromatic carbocycles. The van der Waals surface area contributed by atoms with Gasteiger partial charge >= 0.3 is 0 Å². The van der Waals surface area contributed by atoms with Crippen molar-refractivity contribution in [3.63, 3.8) is 0 Å². The number of unbranched alkanes of at least 4 members (excludes halogenated alkanes) is 1. The molecule has 0 spiro atoms. The molecule has 2 atom stereocenters. The Morgan fingerprint density at radius 1 is 1.10 bits per heavy atom. The van der Waals surface area contributed by atoms with E-state index in [0.29, 0.717) is 29.6 Å². The van der Waals surface area contributed by atoms with Crippen LogP contribution in [0.4, 0.5) is 0 Å². The maximum atomic E-state index is 12.8. The summed E-state index contributed by atoms with van der Waals surface area (Å²) >= 11 is 0. The van der Waals surface area contributed by atoms with Crippen LogP contribution < -0.4 is 5.32 Å². The third kappa shape index (κ3) is 4.70. The van der Waals surface area contributed by atoms with Crippen LogP contribution in [0.15, 0.2) is 0 Å². The van der Waals surface area contributed by atoms with Gasteiger partial charge in [0.25, 0.3) is 0 Å². The molecule has 1 fully saturated rings. The summed E-state index contributed by atoms with van der Waals surface area (Å²) in [4.78, 5) is 14.9. The lowest BCUT2D eigenvalue weighted by atomic mass is 9.85. The van der Waals surface area contributed by atoms with Gasteiger partial charge in [-0.05, 0) is 30.1 Å². The molecule has 0 aromatic rings. The van der Waals surface area contributed by atoms with Gasteiger partial charge in [0, 0.05) is 6.54 Å². The first kappa shape index (κ1) is 18.5. The van der Waals surface area contributed by atoms with E-state index in [0.717, 1.165) is 25.8 Å². The van der Waals surface area contributed by atoms with Crippen LogP contribution in [-0.2, 0) is 4.79 Å². The predicted octanol–water partition coefficient (Wildman–Crippen LogP) is 3.89. The third-order valence-electron chi connectivity index (χ3n) is 4.89. The number of hydrogen-bond donors (Lipinski definition) is 1. The number of carbonyl (C=O) groups excluding carboxylic acids is 1. The molecule has 1 amide bonds. The highest BCUT2D eigenvalue weighted by molar-refractivity contribution is 5.84. The van der Waals surface area contributed by atoms with Gasteiger partial charge in [-0.2, -0.15) is 0 Å². The summed E-state index contributed by atoms with van der Waals surface area (Å²) in [7, 11) is 0. The minimum absolute atomic E-state index is 0.0392. The lowest BCUT2D eigenvalue weighted by Crippen LogP contribution is -2.45. The zero-order valence-electron chi connectivity index (χ0n) is 15.1. The topological polar surface area (TPSA) is 32.3 Å². The van der Waals surface area contributed by atoms with Gasteiger partial charge in [-0.3, -0.25) is 10.1 Å². The lowest BCUT2D eigenvalue weighted by molar-refractivity contribution is -0.131. The molecule has 3 nitrogen and oxygen atoms in total. The summed E-state index contributed by atoms with van der Waals surface area (Å²) in [5, 5.41) is 3.58. The molecule has 0 aromatic heterocycles. The van der Waals surface area contributed by atoms with Crippen molar-refractivity contribution in [2.24, 2.45) is 23.7 Å². The highest BCUT2D eigenvalue weighted by atomic mass is 16.2. The first-order valence-corrected chi connectivity index (χ1v) is 8.86. The summed E-state index contributed by atoms with van der Waals surface area (Å²) in [6.07, 6.45) is 3.46. The highest BCUT2D eigenvalue weighted by Crippen LogP contribution is 2.27. The second-order valence-electron chi connectivity index (χ2n) is 7.69. The smallest absolute Gasteiger partial charge is 0.241 e. The summed E-state index contributed by atoms with van der Waals surface area (Å²) in [5.41, 5.74) is 0. The average Bonchev–Trinajstić information content (AvgIpc) is 2.69. The predicted molar refractivity (Wildman–Crippen MR) is 90.0 cm³/mol. The van der Waals surface area contributed by atoms with Crippen molar-refractivity contribution in [2.45, 2.75) is 79.9 Å². The Bertz CT molecular complexity index is 317. The summed E-state index contributed by atoms with van der Waals surface area (Å²) in [6, 6.07) is 0.0392. The van der Waals surface area contributed by atoms with Crippen LogP contribution in [0, 0.1) is 23.7 Å². The van der Waals surface area contributed by atoms with Crippen LogP contribution in [0.25, 0.3) is 0 Å². The van der Waals surface area contributed by atoms with Crippen LogP contribution in [0.3, 0.4) is 0 Å². The zero-order valence-corrected chi connectivity index (χ0v) is 15.1. The lowest BCUT2D eigenvalue weighted by Gasteiger charge is -2.34. The van der Waals surface area contributed by atoms with Gasteiger partial charge in [-0.15, -0.1) is 0 Å². The Kier molecular flexibility index (Phi) is 7.19. The van der Waals surface area contributed by atoms with Crippen LogP contribution in [-0.4, -0.2) is 29.6 Å². The molecule has 1 N–H and O–H groups in total. The van der Waals surface area contributed by atoms with E-state index >= 15 is 0 Å². The Labute approximate surface area is 131 Å². The fourth-order valence-electron chi connectivity index (χ4n) is 3.49. The second-order valence-corrected chi connectivity index (χ2v) is 7.69. The van der Waals surface area contributed by atoms with E-state index in [4.69, 9.17) is 0 Å². The minimum Gasteiger partial charge on any atom is -0.325 e. The van der Waals surface area contributed by atoms with Crippen LogP contribution in [0.5, 0.6) is 0 Å². The first-order chi connectivity index (χ1) is 9.79. The quantitative estimate of drug-likeness (QED) is 0.737. The summed E-state index contributed by atoms with van der Waals surface area (Å²) in [5.74, 6) is 2.58. The van der Waals surface area contributed by atoms with Crippen molar-refractivity contribution in [2.75, 3.05) is 6.54 Å². The van der Waals surface area contributed by atoms with Gasteiger partial charge in [0.2, 0.25) is 5.91 Å². The molecule has 1 rings (SSSR count). The standard InChI is InChI=1S/C18H36N2O/c1-8-9-10-16-18(21)20(17(19-16)14(6)7)11-15(12(2)3)13(4)5/h12-17,19H,8-11H2,1-7H3. The molecule has 124 valence electrons. The molecule has 1 saturated heterocycles. The fraction of sp³-hybridized carbons (Fsp3) is 0.944. The van der Waals surface area contributed by atoms with Gasteiger partial charge in [-0.25, -0.2) is 0 Å². The molecule has 0 saturated carbocycles. The van der Waals surface area contributed by atoms with Crippen LogP contribution in [0.2, 0.25) is 0 Å². The maximum Gasteiger partial charge on any atom is 0.241 e. The molecule has 0 radical (unpaired) electrons. The summed E-state index contributed by atoms with van der Waals surface area (Å²) in [6.45, 7) is 16.6.